The maximum atomic E-state index is 13.1. The van der Waals surface area contributed by atoms with Crippen molar-refractivity contribution in [1.29, 1.82) is 0 Å². The van der Waals surface area contributed by atoms with E-state index in [-0.39, 0.29) is 14.1 Å². The first-order valence-corrected chi connectivity index (χ1v) is 10.2. The lowest BCUT2D eigenvalue weighted by Gasteiger charge is -2.16. The van der Waals surface area contributed by atoms with Gasteiger partial charge in [0.25, 0.3) is 0 Å². The Morgan fingerprint density at radius 1 is 0.968 bits per heavy atom. The van der Waals surface area contributed by atoms with Gasteiger partial charge in [0.2, 0.25) is 12.7 Å². The lowest BCUT2D eigenvalue weighted by Crippen LogP contribution is -2.28. The summed E-state index contributed by atoms with van der Waals surface area (Å²) < 4.78 is 10.9. The number of ether oxygens (including phenoxy) is 2. The van der Waals surface area contributed by atoms with Crippen LogP contribution in [0, 0.1) is 0 Å². The predicted molar refractivity (Wildman–Crippen MR) is 119 cm³/mol. The van der Waals surface area contributed by atoms with Gasteiger partial charge in [-0.05, 0) is 48.7 Å². The van der Waals surface area contributed by atoms with Gasteiger partial charge in [0, 0.05) is 30.3 Å². The molecule has 0 unspecified atom stereocenters. The molecule has 6 rings (SSSR count). The highest BCUT2D eigenvalue weighted by atomic mass is 16.7. The summed E-state index contributed by atoms with van der Waals surface area (Å²) in [5, 5.41) is 4.07. The second-order valence-electron chi connectivity index (χ2n) is 7.92. The summed E-state index contributed by atoms with van der Waals surface area (Å²) in [5.41, 5.74) is 3.33. The molecule has 6 nitrogen and oxygen atoms in total. The van der Waals surface area contributed by atoms with E-state index in [1.165, 1.54) is 0 Å². The molecule has 3 heterocycles. The van der Waals surface area contributed by atoms with Crippen molar-refractivity contribution in [2.24, 2.45) is 0 Å². The average Bonchev–Trinajstić information content (AvgIpc) is 3.50. The summed E-state index contributed by atoms with van der Waals surface area (Å²) in [6, 6.07) is 19.6. The highest BCUT2D eigenvalue weighted by Crippen LogP contribution is 2.51. The van der Waals surface area contributed by atoms with Gasteiger partial charge in [-0.15, -0.1) is 0 Å². The Labute approximate surface area is 180 Å². The fourth-order valence-corrected chi connectivity index (χ4v) is 4.17. The smallest absolute Gasteiger partial charge is 0.236 e. The number of para-hydroxylation sites is 1. The van der Waals surface area contributed by atoms with Crippen molar-refractivity contribution in [3.63, 3.8) is 0 Å². The number of hydrogen-bond donors (Lipinski definition) is 1. The summed E-state index contributed by atoms with van der Waals surface area (Å²) in [5.74, 6) is 1.91. The Balaban J connectivity index is 0.00000216. The number of amides is 1. The van der Waals surface area contributed by atoms with Crippen LogP contribution < -0.4 is 14.8 Å². The number of anilines is 1. The molecule has 4 aromatic rings. The van der Waals surface area contributed by atoms with Crippen molar-refractivity contribution < 1.29 is 15.7 Å². The van der Waals surface area contributed by atoms with E-state index < -0.39 is 5.41 Å². The quantitative estimate of drug-likeness (QED) is 0.515. The molecular formula is C25H21N3O3. The molecule has 1 aliphatic heterocycles. The molecular weight excluding hydrogens is 390 g/mol. The fourth-order valence-electron chi connectivity index (χ4n) is 4.17. The number of hydrogen-bond acceptors (Lipinski definition) is 5. The molecule has 0 bridgehead atoms. The van der Waals surface area contributed by atoms with E-state index >= 15 is 0 Å². The Morgan fingerprint density at radius 2 is 1.84 bits per heavy atom. The van der Waals surface area contributed by atoms with Crippen LogP contribution in [0.25, 0.3) is 22.0 Å². The Morgan fingerprint density at radius 3 is 2.68 bits per heavy atom. The first-order chi connectivity index (χ1) is 15.2. The molecule has 0 atom stereocenters. The molecule has 0 radical (unpaired) electrons. The van der Waals surface area contributed by atoms with Crippen LogP contribution in [0.3, 0.4) is 0 Å². The van der Waals surface area contributed by atoms with Gasteiger partial charge in [-0.1, -0.05) is 30.3 Å². The average molecular weight is 411 g/mol. The first-order valence-electron chi connectivity index (χ1n) is 10.2. The number of carbonyl (C=O) groups excluding carboxylic acids is 1. The van der Waals surface area contributed by atoms with Gasteiger partial charge in [0.05, 0.1) is 10.9 Å². The fraction of sp³-hybridized carbons (Fsp3) is 0.160. The van der Waals surface area contributed by atoms with Crippen LogP contribution in [0.5, 0.6) is 11.5 Å². The number of rotatable bonds is 4. The van der Waals surface area contributed by atoms with Crippen molar-refractivity contribution in [2.75, 3.05) is 12.1 Å². The molecule has 6 heteroatoms. The Kier molecular flexibility index (Phi) is 3.93. The second-order valence-corrected chi connectivity index (χ2v) is 7.92. The summed E-state index contributed by atoms with van der Waals surface area (Å²) in [7, 11) is 0. The number of nitrogens with one attached hydrogen (secondary N) is 1. The largest absolute Gasteiger partial charge is 0.454 e. The van der Waals surface area contributed by atoms with Gasteiger partial charge in [-0.2, -0.15) is 0 Å². The molecule has 154 valence electrons. The number of aromatic nitrogens is 2. The standard InChI is InChI=1S/C25H19N3O3.H2/c29-24(25(10-11-25)18-7-8-20-21(13-18)31-15-30-20)28-22-9-6-17(14-27-22)19-5-1-3-16-4-2-12-26-23(16)19;/h1-9,12-14H,10-11,15H2,(H,27,28,29);1H. The van der Waals surface area contributed by atoms with Crippen molar-refractivity contribution >= 4 is 22.6 Å². The van der Waals surface area contributed by atoms with Crippen molar-refractivity contribution in [2.45, 2.75) is 18.3 Å². The van der Waals surface area contributed by atoms with Gasteiger partial charge in [0.1, 0.15) is 5.82 Å². The Bertz CT molecular complexity index is 1310. The summed E-state index contributed by atoms with van der Waals surface area (Å²) >= 11 is 0. The van der Waals surface area contributed by atoms with E-state index in [2.05, 4.69) is 15.3 Å². The summed E-state index contributed by atoms with van der Waals surface area (Å²) in [6.45, 7) is 0.223. The number of carbonyl (C=O) groups is 1. The zero-order chi connectivity index (χ0) is 20.8. The van der Waals surface area contributed by atoms with Crippen molar-refractivity contribution in [3.05, 3.63) is 78.6 Å². The minimum absolute atomic E-state index is 0. The molecule has 1 aliphatic carbocycles. The molecule has 1 N–H and O–H groups in total. The highest BCUT2D eigenvalue weighted by Gasteiger charge is 2.51. The van der Waals surface area contributed by atoms with Gasteiger partial charge >= 0.3 is 0 Å². The van der Waals surface area contributed by atoms with Crippen LogP contribution in [0.15, 0.2) is 73.1 Å². The van der Waals surface area contributed by atoms with Crippen LogP contribution in [0.1, 0.15) is 19.8 Å². The number of pyridine rings is 2. The van der Waals surface area contributed by atoms with Crippen molar-refractivity contribution in [1.82, 2.24) is 9.97 Å². The molecule has 0 saturated heterocycles. The maximum Gasteiger partial charge on any atom is 0.236 e. The third kappa shape index (κ3) is 2.99. The number of benzene rings is 2. The monoisotopic (exact) mass is 411 g/mol. The highest BCUT2D eigenvalue weighted by molar-refractivity contribution is 6.01. The van der Waals surface area contributed by atoms with Gasteiger partial charge in [-0.3, -0.25) is 9.78 Å². The molecule has 1 saturated carbocycles. The van der Waals surface area contributed by atoms with E-state index in [9.17, 15) is 4.79 Å². The van der Waals surface area contributed by atoms with Crippen LogP contribution in [0.4, 0.5) is 5.82 Å². The summed E-state index contributed by atoms with van der Waals surface area (Å²) in [6.07, 6.45) is 5.18. The Hall–Kier alpha value is -3.93. The van der Waals surface area contributed by atoms with Crippen LogP contribution in [-0.4, -0.2) is 22.7 Å². The van der Waals surface area contributed by atoms with E-state index in [0.29, 0.717) is 11.6 Å². The van der Waals surface area contributed by atoms with Crippen LogP contribution >= 0.6 is 0 Å². The van der Waals surface area contributed by atoms with Gasteiger partial charge < -0.3 is 14.8 Å². The minimum Gasteiger partial charge on any atom is -0.454 e. The zero-order valence-electron chi connectivity index (χ0n) is 16.7. The normalized spacial score (nSPS) is 15.6. The van der Waals surface area contributed by atoms with Crippen LogP contribution in [0.2, 0.25) is 0 Å². The van der Waals surface area contributed by atoms with E-state index in [1.54, 1.807) is 12.4 Å². The van der Waals surface area contributed by atoms with Gasteiger partial charge in [0.15, 0.2) is 11.5 Å². The zero-order valence-corrected chi connectivity index (χ0v) is 16.7. The lowest BCUT2D eigenvalue weighted by molar-refractivity contribution is -0.118. The third-order valence-electron chi connectivity index (χ3n) is 6.06. The third-order valence-corrected chi connectivity index (χ3v) is 6.06. The summed E-state index contributed by atoms with van der Waals surface area (Å²) in [4.78, 5) is 22.1. The molecule has 1 fully saturated rings. The topological polar surface area (TPSA) is 73.3 Å². The molecule has 1 amide bonds. The van der Waals surface area contributed by atoms with E-state index in [0.717, 1.165) is 46.2 Å². The number of nitrogens with zero attached hydrogens (tertiary/aromatic N) is 2. The van der Waals surface area contributed by atoms with E-state index in [4.69, 9.17) is 9.47 Å². The lowest BCUT2D eigenvalue weighted by atomic mass is 9.94. The molecule has 31 heavy (non-hydrogen) atoms. The maximum absolute atomic E-state index is 13.1. The van der Waals surface area contributed by atoms with Gasteiger partial charge in [-0.25, -0.2) is 4.98 Å². The minimum atomic E-state index is -0.527. The SMILES string of the molecule is O=C(Nc1ccc(-c2cccc3cccnc23)cn1)C1(c2ccc3c(c2)OCO3)CC1.[HH]. The van der Waals surface area contributed by atoms with Crippen molar-refractivity contribution in [3.8, 4) is 22.6 Å². The number of fused-ring (bicyclic) bond motifs is 2. The molecule has 2 aromatic carbocycles. The second kappa shape index (κ2) is 6.80. The predicted octanol–water partition coefficient (Wildman–Crippen LogP) is 4.94. The molecule has 2 aromatic heterocycles. The van der Waals surface area contributed by atoms with Crippen LogP contribution in [-0.2, 0) is 10.2 Å². The first kappa shape index (κ1) is 17.9. The van der Waals surface area contributed by atoms with E-state index in [1.807, 2.05) is 60.7 Å². The molecule has 2 aliphatic rings. The molecule has 0 spiro atoms.